The highest BCUT2D eigenvalue weighted by Gasteiger charge is 2.32. The topological polar surface area (TPSA) is 121 Å². The highest BCUT2D eigenvalue weighted by Crippen LogP contribution is 2.30. The second-order valence-corrected chi connectivity index (χ2v) is 11.0. The second-order valence-electron chi connectivity index (χ2n) is 10.00. The van der Waals surface area contributed by atoms with Gasteiger partial charge in [-0.05, 0) is 70.7 Å². The number of carbonyl (C=O) groups excluding carboxylic acids is 2. The van der Waals surface area contributed by atoms with Crippen LogP contribution in [-0.2, 0) is 16.0 Å². The van der Waals surface area contributed by atoms with Gasteiger partial charge in [-0.1, -0.05) is 31.3 Å². The number of amidine groups is 1. The van der Waals surface area contributed by atoms with Crippen LogP contribution < -0.4 is 16.4 Å². The summed E-state index contributed by atoms with van der Waals surface area (Å²) in [6, 6.07) is 5.71. The molecule has 10 heteroatoms. The van der Waals surface area contributed by atoms with E-state index in [1.807, 2.05) is 59.0 Å². The van der Waals surface area contributed by atoms with E-state index >= 15 is 0 Å². The predicted octanol–water partition coefficient (Wildman–Crippen LogP) is 4.70. The molecule has 1 aromatic rings. The Balaban J connectivity index is 2.09. The molecule has 2 amide bonds. The van der Waals surface area contributed by atoms with Crippen molar-refractivity contribution < 1.29 is 14.3 Å². The first-order valence-corrected chi connectivity index (χ1v) is 13.2. The van der Waals surface area contributed by atoms with Crippen LogP contribution in [0.5, 0.6) is 0 Å². The molecule has 0 atom stereocenters. The van der Waals surface area contributed by atoms with Gasteiger partial charge in [0.1, 0.15) is 10.6 Å². The van der Waals surface area contributed by atoms with Gasteiger partial charge in [-0.3, -0.25) is 9.79 Å². The summed E-state index contributed by atoms with van der Waals surface area (Å²) in [7, 11) is 1.62. The molecule has 0 spiro atoms. The minimum atomic E-state index is -0.528. The van der Waals surface area contributed by atoms with Crippen LogP contribution in [-0.4, -0.2) is 59.1 Å². The monoisotopic (exact) mass is 528 g/mol. The highest BCUT2D eigenvalue weighted by molar-refractivity contribution is 8.15. The normalized spacial score (nSPS) is 16.4. The Morgan fingerprint density at radius 3 is 2.54 bits per heavy atom. The largest absolute Gasteiger partial charge is 0.444 e. The number of nitrogens with one attached hydrogen (secondary N) is 2. The van der Waals surface area contributed by atoms with Crippen molar-refractivity contribution >= 4 is 40.3 Å². The fraction of sp³-hybridized carbons (Fsp3) is 0.481. The van der Waals surface area contributed by atoms with Crippen molar-refractivity contribution in [2.45, 2.75) is 69.9 Å². The molecule has 0 radical (unpaired) electrons. The standard InChI is InChI=1S/C27H40N6O3S/c1-8-19-20(31-22(34)9-2)11-10-12-21(19)37-24(23(28)29-7)30-15-18-33-16-13-27(6,14-17-33)32-25(35)36-26(3,4)5/h9-12,15,18H,2,8,13-14,16-17H2,1,3-7H3,(H2,28,29)(H,31,34)(H,32,35)/b18-15+,30-24?. The smallest absolute Gasteiger partial charge is 0.408 e. The molecule has 9 nitrogen and oxygen atoms in total. The molecule has 1 aliphatic rings. The van der Waals surface area contributed by atoms with Crippen LogP contribution in [0.3, 0.4) is 0 Å². The molecule has 4 N–H and O–H groups in total. The van der Waals surface area contributed by atoms with Gasteiger partial charge in [0.05, 0.1) is 0 Å². The molecular weight excluding hydrogens is 488 g/mol. The summed E-state index contributed by atoms with van der Waals surface area (Å²) in [4.78, 5) is 35.9. The van der Waals surface area contributed by atoms with Crippen molar-refractivity contribution in [1.29, 1.82) is 0 Å². The molecule has 37 heavy (non-hydrogen) atoms. The first-order chi connectivity index (χ1) is 17.4. The van der Waals surface area contributed by atoms with Crippen molar-refractivity contribution in [3.05, 3.63) is 48.8 Å². The van der Waals surface area contributed by atoms with Crippen LogP contribution in [0.15, 0.2) is 58.1 Å². The van der Waals surface area contributed by atoms with Crippen LogP contribution in [0.4, 0.5) is 10.5 Å². The van der Waals surface area contributed by atoms with E-state index in [-0.39, 0.29) is 17.5 Å². The maximum Gasteiger partial charge on any atom is 0.408 e. The van der Waals surface area contributed by atoms with E-state index in [0.29, 0.717) is 17.3 Å². The number of anilines is 1. The molecule has 0 unspecified atom stereocenters. The molecule has 1 aromatic carbocycles. The van der Waals surface area contributed by atoms with Gasteiger partial charge in [0.2, 0.25) is 5.91 Å². The summed E-state index contributed by atoms with van der Waals surface area (Å²) < 4.78 is 5.41. The van der Waals surface area contributed by atoms with Crippen LogP contribution in [0.1, 0.15) is 53.0 Å². The van der Waals surface area contributed by atoms with Gasteiger partial charge in [0, 0.05) is 48.7 Å². The van der Waals surface area contributed by atoms with Crippen molar-refractivity contribution in [1.82, 2.24) is 10.2 Å². The molecule has 0 bridgehead atoms. The molecule has 202 valence electrons. The fourth-order valence-electron chi connectivity index (χ4n) is 3.71. The Hall–Kier alpha value is -3.27. The van der Waals surface area contributed by atoms with E-state index < -0.39 is 5.60 Å². The van der Waals surface area contributed by atoms with Gasteiger partial charge in [-0.25, -0.2) is 9.79 Å². The summed E-state index contributed by atoms with van der Waals surface area (Å²) in [6.07, 6.45) is 6.78. The zero-order valence-electron chi connectivity index (χ0n) is 22.8. The number of nitrogens with zero attached hydrogens (tertiary/aromatic N) is 3. The molecule has 1 aliphatic heterocycles. The summed E-state index contributed by atoms with van der Waals surface area (Å²) >= 11 is 1.40. The van der Waals surface area contributed by atoms with E-state index in [9.17, 15) is 9.59 Å². The van der Waals surface area contributed by atoms with E-state index in [4.69, 9.17) is 10.5 Å². The fourth-order valence-corrected chi connectivity index (χ4v) is 4.75. The van der Waals surface area contributed by atoms with Gasteiger partial charge in [-0.2, -0.15) is 0 Å². The lowest BCUT2D eigenvalue weighted by Crippen LogP contribution is -2.53. The number of benzene rings is 1. The van der Waals surface area contributed by atoms with Gasteiger partial charge in [0.25, 0.3) is 0 Å². The first kappa shape index (κ1) is 30.0. The van der Waals surface area contributed by atoms with Gasteiger partial charge in [-0.15, -0.1) is 0 Å². The van der Waals surface area contributed by atoms with Crippen molar-refractivity contribution in [3.8, 4) is 0 Å². The van der Waals surface area contributed by atoms with E-state index in [1.54, 1.807) is 13.2 Å². The Kier molecular flexibility index (Phi) is 10.8. The van der Waals surface area contributed by atoms with E-state index in [2.05, 4.69) is 32.1 Å². The zero-order valence-corrected chi connectivity index (χ0v) is 23.6. The third-order valence-electron chi connectivity index (χ3n) is 5.77. The number of likely N-dealkylation sites (tertiary alicyclic amines) is 1. The molecular formula is C27H40N6O3S. The van der Waals surface area contributed by atoms with Gasteiger partial charge >= 0.3 is 6.09 Å². The average molecular weight is 529 g/mol. The maximum absolute atomic E-state index is 12.2. The Labute approximate surface area is 224 Å². The molecule has 2 rings (SSSR count). The quantitative estimate of drug-likeness (QED) is 0.204. The van der Waals surface area contributed by atoms with Crippen LogP contribution in [0.2, 0.25) is 0 Å². The van der Waals surface area contributed by atoms with Crippen molar-refractivity contribution in [2.24, 2.45) is 15.7 Å². The Bertz CT molecular complexity index is 1070. The first-order valence-electron chi connectivity index (χ1n) is 12.3. The third kappa shape index (κ3) is 9.60. The molecule has 1 fully saturated rings. The minimum absolute atomic E-state index is 0.262. The number of hydrogen-bond acceptors (Lipinski definition) is 7. The SMILES string of the molecule is C=CC(=O)Nc1cccc(SC(=N/C=C/N2CCC(C)(NC(=O)OC(C)(C)C)CC2)C(N)=NC)c1CC. The Morgan fingerprint density at radius 1 is 1.30 bits per heavy atom. The lowest BCUT2D eigenvalue weighted by atomic mass is 9.90. The summed E-state index contributed by atoms with van der Waals surface area (Å²) in [5.74, 6) is 0.0623. The summed E-state index contributed by atoms with van der Waals surface area (Å²) in [5, 5.41) is 6.44. The minimum Gasteiger partial charge on any atom is -0.444 e. The van der Waals surface area contributed by atoms with E-state index in [0.717, 1.165) is 42.1 Å². The van der Waals surface area contributed by atoms with Crippen LogP contribution >= 0.6 is 11.8 Å². The molecule has 1 saturated heterocycles. The summed E-state index contributed by atoms with van der Waals surface area (Å²) in [5.41, 5.74) is 7.02. The number of thioether (sulfide) groups is 1. The summed E-state index contributed by atoms with van der Waals surface area (Å²) in [6.45, 7) is 14.7. The van der Waals surface area contributed by atoms with Crippen LogP contribution in [0, 0.1) is 0 Å². The van der Waals surface area contributed by atoms with Crippen LogP contribution in [0.25, 0.3) is 0 Å². The Morgan fingerprint density at radius 2 is 1.97 bits per heavy atom. The number of piperidine rings is 1. The molecule has 0 aliphatic carbocycles. The number of aliphatic imine (C=N–C) groups is 2. The number of rotatable bonds is 7. The average Bonchev–Trinajstić information content (AvgIpc) is 2.82. The van der Waals surface area contributed by atoms with Gasteiger partial charge in [0.15, 0.2) is 5.84 Å². The number of hydrogen-bond donors (Lipinski definition) is 3. The second kappa shape index (κ2) is 13.3. The molecule has 0 aromatic heterocycles. The highest BCUT2D eigenvalue weighted by atomic mass is 32.2. The predicted molar refractivity (Wildman–Crippen MR) is 153 cm³/mol. The molecule has 1 heterocycles. The number of ether oxygens (including phenoxy) is 1. The molecule has 0 saturated carbocycles. The number of alkyl carbamates (subject to hydrolysis) is 1. The number of carbonyl (C=O) groups is 2. The number of amides is 2. The lowest BCUT2D eigenvalue weighted by Gasteiger charge is -2.39. The van der Waals surface area contributed by atoms with Crippen molar-refractivity contribution in [2.75, 3.05) is 25.5 Å². The zero-order chi connectivity index (χ0) is 27.6. The van der Waals surface area contributed by atoms with Crippen molar-refractivity contribution in [3.63, 3.8) is 0 Å². The number of nitrogens with two attached hydrogens (primary N) is 1. The van der Waals surface area contributed by atoms with E-state index in [1.165, 1.54) is 17.8 Å². The maximum atomic E-state index is 12.2. The third-order valence-corrected chi connectivity index (χ3v) is 6.88. The van der Waals surface area contributed by atoms with Gasteiger partial charge < -0.3 is 26.0 Å². The lowest BCUT2D eigenvalue weighted by molar-refractivity contribution is -0.111.